The van der Waals surface area contributed by atoms with E-state index in [9.17, 15) is 0 Å². The van der Waals surface area contributed by atoms with Crippen molar-refractivity contribution in [3.05, 3.63) is 0 Å². The molecule has 0 heterocycles. The summed E-state index contributed by atoms with van der Waals surface area (Å²) in [5, 5.41) is 0. The van der Waals surface area contributed by atoms with Gasteiger partial charge in [-0.05, 0) is 0 Å². The summed E-state index contributed by atoms with van der Waals surface area (Å²) in [6, 6.07) is 0. The van der Waals surface area contributed by atoms with Crippen molar-refractivity contribution in [2.45, 2.75) is 125 Å². The molecule has 0 rings (SSSR count). The van der Waals surface area contributed by atoms with E-state index in [-0.39, 0.29) is 21.9 Å². The van der Waals surface area contributed by atoms with Gasteiger partial charge in [0, 0.05) is 0 Å². The van der Waals surface area contributed by atoms with Crippen molar-refractivity contribution in [2.75, 3.05) is 0 Å². The van der Waals surface area contributed by atoms with Crippen molar-refractivity contribution in [3.8, 4) is 0 Å². The summed E-state index contributed by atoms with van der Waals surface area (Å²) in [5.41, 5.74) is 0. The lowest BCUT2D eigenvalue weighted by Gasteiger charge is -1.07. The van der Waals surface area contributed by atoms with Crippen molar-refractivity contribution < 1.29 is 21.9 Å². The van der Waals surface area contributed by atoms with Gasteiger partial charge in [-0.3, -0.25) is 0 Å². The first-order chi connectivity index (χ1) is 9.00. The largest absolute Gasteiger partial charge is 0.412 e. The molecule has 0 bridgehead atoms. The third-order valence-electron chi connectivity index (χ3n) is 0. The summed E-state index contributed by atoms with van der Waals surface area (Å²) < 4.78 is 0. The molecule has 0 spiro atoms. The lowest BCUT2D eigenvalue weighted by molar-refractivity contribution is 0.823. The van der Waals surface area contributed by atoms with E-state index in [4.69, 9.17) is 0 Å². The Bertz CT molecular complexity index is 15.0. The second kappa shape index (κ2) is 320000. The van der Waals surface area contributed by atoms with Crippen molar-refractivity contribution in [1.82, 2.24) is 0 Å². The predicted octanol–water partition coefficient (Wildman–Crippen LogP) is 5.94. The van der Waals surface area contributed by atoms with Gasteiger partial charge < -0.3 is 21.9 Å². The second-order valence-corrected chi connectivity index (χ2v) is 0. The monoisotopic (exact) mass is 342 g/mol. The van der Waals surface area contributed by atoms with E-state index >= 15 is 0 Å². The molecule has 0 aliphatic rings. The SMILES string of the molecule is CC.CC.CC.CC.CC.CC.CC.CC.CC.O.O.O.O. The lowest BCUT2D eigenvalue weighted by Crippen LogP contribution is -0.856. The maximum atomic E-state index is 2.00. The highest BCUT2D eigenvalue weighted by molar-refractivity contribution is 3.52. The molecule has 8 N–H and O–H groups in total. The molecule has 158 valence electrons. The van der Waals surface area contributed by atoms with Crippen LogP contribution in [-0.4, -0.2) is 21.9 Å². The van der Waals surface area contributed by atoms with Gasteiger partial charge in [-0.15, -0.1) is 0 Å². The van der Waals surface area contributed by atoms with Crippen LogP contribution in [0.2, 0.25) is 0 Å². The maximum Gasteiger partial charge on any atom is -0.0683 e. The van der Waals surface area contributed by atoms with E-state index < -0.39 is 0 Å². The molecular formula is C18H62O4. The maximum absolute atomic E-state index is 2.00. The van der Waals surface area contributed by atoms with Crippen LogP contribution in [0.15, 0.2) is 0 Å². The zero-order valence-corrected chi connectivity index (χ0v) is 20.0. The van der Waals surface area contributed by atoms with Gasteiger partial charge in [0.25, 0.3) is 0 Å². The van der Waals surface area contributed by atoms with Gasteiger partial charge in [-0.1, -0.05) is 125 Å². The van der Waals surface area contributed by atoms with E-state index in [2.05, 4.69) is 0 Å². The zero-order chi connectivity index (χ0) is 18.0. The summed E-state index contributed by atoms with van der Waals surface area (Å²) in [6.45, 7) is 36.0. The molecule has 0 unspecified atom stereocenters. The second-order valence-electron chi connectivity index (χ2n) is 0. The Morgan fingerprint density at radius 2 is 0.136 bits per heavy atom. The summed E-state index contributed by atoms with van der Waals surface area (Å²) in [7, 11) is 0. The van der Waals surface area contributed by atoms with Crippen LogP contribution in [0.3, 0.4) is 0 Å². The molecule has 0 aliphatic heterocycles. The Morgan fingerprint density at radius 1 is 0.136 bits per heavy atom. The molecule has 0 aromatic rings. The fourth-order valence-corrected chi connectivity index (χ4v) is 0. The minimum Gasteiger partial charge on any atom is -0.412 e. The van der Waals surface area contributed by atoms with Gasteiger partial charge in [0.05, 0.1) is 0 Å². The lowest BCUT2D eigenvalue weighted by atomic mass is 11.0. The summed E-state index contributed by atoms with van der Waals surface area (Å²) in [6.07, 6.45) is 0. The quantitative estimate of drug-likeness (QED) is 0.516. The first-order valence-corrected chi connectivity index (χ1v) is 9.00. The molecular weight excluding hydrogens is 280 g/mol. The third kappa shape index (κ3) is 275000. The fraction of sp³-hybridized carbons (Fsp3) is 1.00. The fourth-order valence-electron chi connectivity index (χ4n) is 0. The third-order valence-corrected chi connectivity index (χ3v) is 0. The average molecular weight is 343 g/mol. The molecule has 0 aromatic carbocycles. The average Bonchev–Trinajstić information content (AvgIpc) is 2.63. The Balaban J connectivity index is -0.00000000368. The number of rotatable bonds is 0. The van der Waals surface area contributed by atoms with E-state index in [1.165, 1.54) is 0 Å². The molecule has 0 fully saturated rings. The van der Waals surface area contributed by atoms with E-state index in [1.54, 1.807) is 0 Å². The highest BCUT2D eigenvalue weighted by atomic mass is 16.0. The Kier molecular flexibility index (Phi) is 1770000. The van der Waals surface area contributed by atoms with Crippen LogP contribution < -0.4 is 0 Å². The molecule has 22 heavy (non-hydrogen) atoms. The van der Waals surface area contributed by atoms with Crippen LogP contribution in [0.4, 0.5) is 0 Å². The topological polar surface area (TPSA) is 126 Å². The normalized spacial score (nSPS) is 2.45. The van der Waals surface area contributed by atoms with Crippen molar-refractivity contribution >= 4 is 0 Å². The van der Waals surface area contributed by atoms with Gasteiger partial charge in [0.1, 0.15) is 0 Å². The summed E-state index contributed by atoms with van der Waals surface area (Å²) in [4.78, 5) is 0. The molecule has 4 heteroatoms. The van der Waals surface area contributed by atoms with Crippen LogP contribution in [0.1, 0.15) is 125 Å². The standard InChI is InChI=1S/9C2H6.4H2O/c9*1-2;;;;/h9*1-2H3;4*1H2. The Labute approximate surface area is 147 Å². The van der Waals surface area contributed by atoms with Crippen molar-refractivity contribution in [1.29, 1.82) is 0 Å². The highest BCUT2D eigenvalue weighted by Gasteiger charge is 0.948. The number of hydrogen-bond acceptors (Lipinski definition) is 0. The van der Waals surface area contributed by atoms with Gasteiger partial charge in [-0.2, -0.15) is 0 Å². The van der Waals surface area contributed by atoms with Gasteiger partial charge >= 0.3 is 0 Å². The zero-order valence-electron chi connectivity index (χ0n) is 20.0. The Morgan fingerprint density at radius 3 is 0.136 bits per heavy atom. The van der Waals surface area contributed by atoms with Crippen LogP contribution in [0.5, 0.6) is 0 Å². The smallest absolute Gasteiger partial charge is 0.0683 e. The minimum absolute atomic E-state index is 0. The first kappa shape index (κ1) is 121. The Hall–Kier alpha value is -0.160. The molecule has 0 amide bonds. The first-order valence-electron chi connectivity index (χ1n) is 9.00. The highest BCUT2D eigenvalue weighted by Crippen LogP contribution is 1.16. The van der Waals surface area contributed by atoms with E-state index in [0.29, 0.717) is 0 Å². The van der Waals surface area contributed by atoms with Crippen LogP contribution in [0.25, 0.3) is 0 Å². The summed E-state index contributed by atoms with van der Waals surface area (Å²) in [5.74, 6) is 0. The van der Waals surface area contributed by atoms with Gasteiger partial charge in [0.15, 0.2) is 0 Å². The molecule has 0 saturated heterocycles. The van der Waals surface area contributed by atoms with Crippen molar-refractivity contribution in [2.24, 2.45) is 0 Å². The molecule has 0 radical (unpaired) electrons. The molecule has 0 saturated carbocycles. The van der Waals surface area contributed by atoms with Crippen molar-refractivity contribution in [3.63, 3.8) is 0 Å². The molecule has 0 atom stereocenters. The van der Waals surface area contributed by atoms with E-state index in [0.717, 1.165) is 0 Å². The van der Waals surface area contributed by atoms with Crippen LogP contribution in [0, 0.1) is 0 Å². The van der Waals surface area contributed by atoms with Crippen LogP contribution in [-0.2, 0) is 0 Å². The minimum atomic E-state index is 0. The van der Waals surface area contributed by atoms with Gasteiger partial charge in [-0.25, -0.2) is 0 Å². The molecule has 0 aliphatic carbocycles. The summed E-state index contributed by atoms with van der Waals surface area (Å²) >= 11 is 0. The van der Waals surface area contributed by atoms with Crippen LogP contribution >= 0.6 is 0 Å². The predicted molar refractivity (Wildman–Crippen MR) is 117 cm³/mol. The number of hydrogen-bond donors (Lipinski definition) is 0. The van der Waals surface area contributed by atoms with Gasteiger partial charge in [0.2, 0.25) is 0 Å². The molecule has 4 nitrogen and oxygen atoms in total. The molecule has 0 aromatic heterocycles. The van der Waals surface area contributed by atoms with E-state index in [1.807, 2.05) is 125 Å².